The zero-order valence-corrected chi connectivity index (χ0v) is 27.9. The zero-order valence-electron chi connectivity index (χ0n) is 27.1. The lowest BCUT2D eigenvalue weighted by molar-refractivity contribution is -0.137. The third-order valence-corrected chi connectivity index (χ3v) is 8.17. The van der Waals surface area contributed by atoms with Gasteiger partial charge in [-0.2, -0.15) is 13.2 Å². The van der Waals surface area contributed by atoms with Crippen LogP contribution in [-0.2, 0) is 19.8 Å². The molecule has 3 heterocycles. The Morgan fingerprint density at radius 1 is 0.882 bits per heavy atom. The Morgan fingerprint density at radius 2 is 1.53 bits per heavy atom. The topological polar surface area (TPSA) is 102 Å². The van der Waals surface area contributed by atoms with E-state index in [0.29, 0.717) is 49.9 Å². The van der Waals surface area contributed by atoms with Crippen molar-refractivity contribution in [2.24, 2.45) is 7.05 Å². The molecule has 0 unspecified atom stereocenters. The highest BCUT2D eigenvalue weighted by molar-refractivity contribution is 6.04. The van der Waals surface area contributed by atoms with Crippen molar-refractivity contribution in [3.63, 3.8) is 0 Å². The molecule has 268 valence electrons. The molecule has 0 radical (unpaired) electrons. The van der Waals surface area contributed by atoms with Crippen molar-refractivity contribution in [3.05, 3.63) is 108 Å². The third-order valence-electron chi connectivity index (χ3n) is 8.17. The van der Waals surface area contributed by atoms with E-state index in [9.17, 15) is 31.5 Å². The molecule has 1 saturated heterocycles. The maximum Gasteiger partial charge on any atom is 0.416 e. The van der Waals surface area contributed by atoms with Gasteiger partial charge in [0, 0.05) is 56.8 Å². The van der Waals surface area contributed by atoms with Crippen molar-refractivity contribution in [1.29, 1.82) is 0 Å². The number of aromatic nitrogens is 3. The summed E-state index contributed by atoms with van der Waals surface area (Å²) in [5, 5.41) is 3.37. The molecule has 2 amide bonds. The Hall–Kier alpha value is -5.28. The van der Waals surface area contributed by atoms with Crippen LogP contribution in [0.25, 0.3) is 10.9 Å². The lowest BCUT2D eigenvalue weighted by atomic mass is 10.1. The minimum Gasteiger partial charge on any atom is -0.488 e. The molecule has 0 saturated carbocycles. The van der Waals surface area contributed by atoms with Crippen LogP contribution in [0.15, 0.2) is 85.2 Å². The largest absolute Gasteiger partial charge is 0.488 e. The second-order valence-electron chi connectivity index (χ2n) is 11.6. The quantitative estimate of drug-likeness (QED) is 0.154. The fourth-order valence-corrected chi connectivity index (χ4v) is 5.51. The normalized spacial score (nSPS) is 13.6. The smallest absolute Gasteiger partial charge is 0.416 e. The molecule has 1 fully saturated rings. The number of rotatable bonds is 10. The number of anilines is 1. The van der Waals surface area contributed by atoms with Crippen LogP contribution in [0.2, 0.25) is 0 Å². The number of amides is 2. The monoisotopic (exact) mass is 730 g/mol. The van der Waals surface area contributed by atoms with E-state index in [1.54, 1.807) is 35.9 Å². The number of hydrogen-bond donors (Lipinski definition) is 1. The average Bonchev–Trinajstić information content (AvgIpc) is 3.43. The molecular weight excluding hydrogens is 699 g/mol. The van der Waals surface area contributed by atoms with Crippen LogP contribution in [0, 0.1) is 0 Å². The van der Waals surface area contributed by atoms with E-state index in [2.05, 4.69) is 20.2 Å². The van der Waals surface area contributed by atoms with Crippen LogP contribution in [0.3, 0.4) is 0 Å². The lowest BCUT2D eigenvalue weighted by Crippen LogP contribution is -2.48. The number of halogens is 6. The van der Waals surface area contributed by atoms with Crippen LogP contribution < -0.4 is 14.8 Å². The number of benzene rings is 3. The van der Waals surface area contributed by atoms with Crippen LogP contribution >= 0.6 is 12.4 Å². The number of alkyl halides is 5. The molecule has 0 aliphatic carbocycles. The molecule has 0 atom stereocenters. The molecule has 51 heavy (non-hydrogen) atoms. The van der Waals surface area contributed by atoms with E-state index in [1.807, 2.05) is 29.2 Å². The van der Waals surface area contributed by atoms with E-state index < -0.39 is 30.7 Å². The van der Waals surface area contributed by atoms with Gasteiger partial charge in [0.2, 0.25) is 0 Å². The van der Waals surface area contributed by atoms with Gasteiger partial charge < -0.3 is 24.3 Å². The first-order chi connectivity index (χ1) is 23.9. The number of fused-ring (bicyclic) bond motifs is 1. The Labute approximate surface area is 295 Å². The highest BCUT2D eigenvalue weighted by Crippen LogP contribution is 2.30. The highest BCUT2D eigenvalue weighted by atomic mass is 35.5. The maximum absolute atomic E-state index is 13.5. The summed E-state index contributed by atoms with van der Waals surface area (Å²) in [6, 6.07) is 18.0. The second-order valence-corrected chi connectivity index (χ2v) is 11.6. The van der Waals surface area contributed by atoms with E-state index >= 15 is 0 Å². The second kappa shape index (κ2) is 15.7. The molecule has 1 N–H and O–H groups in total. The summed E-state index contributed by atoms with van der Waals surface area (Å²) in [5.74, 6) is 0.0961. The minimum atomic E-state index is -4.50. The zero-order chi connectivity index (χ0) is 35.4. The predicted octanol–water partition coefficient (Wildman–Crippen LogP) is 7.06. The van der Waals surface area contributed by atoms with Gasteiger partial charge >= 0.3 is 12.2 Å². The van der Waals surface area contributed by atoms with Gasteiger partial charge in [-0.1, -0.05) is 12.1 Å². The summed E-state index contributed by atoms with van der Waals surface area (Å²) < 4.78 is 75.8. The van der Waals surface area contributed by atoms with Gasteiger partial charge in [0.05, 0.1) is 29.2 Å². The van der Waals surface area contributed by atoms with Gasteiger partial charge in [0.25, 0.3) is 18.2 Å². The van der Waals surface area contributed by atoms with Crippen molar-refractivity contribution in [1.82, 2.24) is 24.3 Å². The molecule has 1 aliphatic heterocycles. The molecule has 10 nitrogen and oxygen atoms in total. The number of aryl methyl sites for hydroxylation is 1. The van der Waals surface area contributed by atoms with Crippen molar-refractivity contribution >= 4 is 40.8 Å². The third kappa shape index (κ3) is 9.10. The van der Waals surface area contributed by atoms with Gasteiger partial charge in [-0.15, -0.1) is 12.4 Å². The van der Waals surface area contributed by atoms with E-state index in [1.165, 1.54) is 12.4 Å². The standard InChI is InChI=1S/C35H31F5N6O4.ClH/c1-44-29-17-28(50-34-41-18-26(19-42-34)43-32(47)23-4-7-25(8-5-23)35(38,39)40)11-6-24(29)16-30(44)33(48)46-14-12-45(13-15-46)20-22-2-9-27(10-3-22)49-21-31(36)37;/h2-11,16-19,31H,12-15,20-21H2,1H3,(H,43,47);1H. The van der Waals surface area contributed by atoms with Crippen LogP contribution in [0.5, 0.6) is 17.5 Å². The summed E-state index contributed by atoms with van der Waals surface area (Å²) >= 11 is 0. The van der Waals surface area contributed by atoms with E-state index in [-0.39, 0.29) is 35.6 Å². The number of nitrogens with zero attached hydrogens (tertiary/aromatic N) is 5. The summed E-state index contributed by atoms with van der Waals surface area (Å²) in [4.78, 5) is 38.2. The molecule has 5 aromatic rings. The minimum absolute atomic E-state index is 0. The summed E-state index contributed by atoms with van der Waals surface area (Å²) in [7, 11) is 1.80. The van der Waals surface area contributed by atoms with Crippen LogP contribution in [0.4, 0.5) is 27.6 Å². The number of carbonyl (C=O) groups excluding carboxylic acids is 2. The first kappa shape index (κ1) is 37.0. The van der Waals surface area contributed by atoms with Crippen LogP contribution in [0.1, 0.15) is 32.0 Å². The molecule has 3 aromatic carbocycles. The van der Waals surface area contributed by atoms with E-state index in [0.717, 1.165) is 40.7 Å². The lowest BCUT2D eigenvalue weighted by Gasteiger charge is -2.34. The first-order valence-corrected chi connectivity index (χ1v) is 15.5. The molecule has 1 aliphatic rings. The molecular formula is C35H32ClF5N6O4. The van der Waals surface area contributed by atoms with Gasteiger partial charge in [-0.05, 0) is 60.2 Å². The van der Waals surface area contributed by atoms with Gasteiger partial charge in [0.1, 0.15) is 23.8 Å². The van der Waals surface area contributed by atoms with E-state index in [4.69, 9.17) is 9.47 Å². The first-order valence-electron chi connectivity index (χ1n) is 15.5. The van der Waals surface area contributed by atoms with Crippen molar-refractivity contribution in [2.75, 3.05) is 38.1 Å². The van der Waals surface area contributed by atoms with Crippen molar-refractivity contribution < 1.29 is 41.0 Å². The Morgan fingerprint density at radius 3 is 2.16 bits per heavy atom. The number of piperazine rings is 1. The molecule has 16 heteroatoms. The van der Waals surface area contributed by atoms with Gasteiger partial charge in [0.15, 0.2) is 0 Å². The predicted molar refractivity (Wildman–Crippen MR) is 181 cm³/mol. The Kier molecular flexibility index (Phi) is 11.4. The van der Waals surface area contributed by atoms with Gasteiger partial charge in [-0.3, -0.25) is 14.5 Å². The number of ether oxygens (including phenoxy) is 2. The Bertz CT molecular complexity index is 1960. The summed E-state index contributed by atoms with van der Waals surface area (Å²) in [5.41, 5.74) is 1.70. The Balaban J connectivity index is 0.00000504. The summed E-state index contributed by atoms with van der Waals surface area (Å²) in [6.45, 7) is 2.46. The molecule has 0 spiro atoms. The SMILES string of the molecule is Cl.Cn1c(C(=O)N2CCN(Cc3ccc(OCC(F)F)cc3)CC2)cc2ccc(Oc3ncc(NC(=O)c4ccc(C(F)(F)F)cc4)cn3)cc21. The van der Waals surface area contributed by atoms with Crippen LogP contribution in [-0.4, -0.2) is 75.4 Å². The number of hydrogen-bond acceptors (Lipinski definition) is 7. The number of carbonyl (C=O) groups is 2. The van der Waals surface area contributed by atoms with Crippen molar-refractivity contribution in [3.8, 4) is 17.5 Å². The summed E-state index contributed by atoms with van der Waals surface area (Å²) in [6.07, 6.45) is -4.40. The fraction of sp³-hybridized carbons (Fsp3) is 0.257. The van der Waals surface area contributed by atoms with Crippen molar-refractivity contribution in [2.45, 2.75) is 19.1 Å². The maximum atomic E-state index is 13.5. The average molecular weight is 731 g/mol. The molecule has 0 bridgehead atoms. The molecule has 2 aromatic heterocycles. The fourth-order valence-electron chi connectivity index (χ4n) is 5.51. The van der Waals surface area contributed by atoms with Gasteiger partial charge in [-0.25, -0.2) is 18.7 Å². The molecule has 6 rings (SSSR count). The highest BCUT2D eigenvalue weighted by Gasteiger charge is 2.30. The number of nitrogens with one attached hydrogen (secondary N) is 1.